The summed E-state index contributed by atoms with van der Waals surface area (Å²) in [4.78, 5) is 12.9. The highest BCUT2D eigenvalue weighted by Gasteiger charge is 2.20. The predicted molar refractivity (Wildman–Crippen MR) is 107 cm³/mol. The lowest BCUT2D eigenvalue weighted by atomic mass is 10.1. The van der Waals surface area contributed by atoms with Crippen LogP contribution in [0.15, 0.2) is 66.9 Å². The predicted octanol–water partition coefficient (Wildman–Crippen LogP) is 5.01. The number of fused-ring (bicyclic) bond motifs is 3. The number of halogens is 1. The van der Waals surface area contributed by atoms with Crippen LogP contribution in [0.5, 0.6) is 5.75 Å². The van der Waals surface area contributed by atoms with Gasteiger partial charge in [-0.1, -0.05) is 41.9 Å². The number of hydrogen-bond donors (Lipinski definition) is 0. The van der Waals surface area contributed by atoms with Crippen molar-refractivity contribution in [1.29, 1.82) is 5.26 Å². The smallest absolute Gasteiger partial charge is 0.341 e. The number of hydrogen-bond acceptors (Lipinski definition) is 4. The minimum Gasteiger partial charge on any atom is -0.477 e. The SMILES string of the molecule is N#CCOc1ccc2c(C(=O)OCc3cccc(Cl)c3)c3ccccc3n2c1. The van der Waals surface area contributed by atoms with Gasteiger partial charge >= 0.3 is 5.97 Å². The molecule has 0 atom stereocenters. The number of esters is 1. The molecule has 0 amide bonds. The number of pyridine rings is 1. The molecule has 4 rings (SSSR count). The second-order valence-electron chi connectivity index (χ2n) is 6.17. The number of ether oxygens (including phenoxy) is 2. The van der Waals surface area contributed by atoms with Crippen LogP contribution >= 0.6 is 11.6 Å². The van der Waals surface area contributed by atoms with E-state index in [9.17, 15) is 4.79 Å². The summed E-state index contributed by atoms with van der Waals surface area (Å²) in [7, 11) is 0. The molecule has 0 radical (unpaired) electrons. The monoisotopic (exact) mass is 390 g/mol. The van der Waals surface area contributed by atoms with Crippen molar-refractivity contribution in [1.82, 2.24) is 4.40 Å². The van der Waals surface area contributed by atoms with Crippen LogP contribution in [0.2, 0.25) is 5.02 Å². The summed E-state index contributed by atoms with van der Waals surface area (Å²) in [5, 5.41) is 10.1. The fraction of sp³-hybridized carbons (Fsp3) is 0.0909. The third kappa shape index (κ3) is 3.38. The van der Waals surface area contributed by atoms with Crippen LogP contribution in [0.1, 0.15) is 15.9 Å². The lowest BCUT2D eigenvalue weighted by molar-refractivity contribution is 0.0477. The highest BCUT2D eigenvalue weighted by atomic mass is 35.5. The highest BCUT2D eigenvalue weighted by molar-refractivity contribution is 6.30. The minimum absolute atomic E-state index is 0.0424. The van der Waals surface area contributed by atoms with Gasteiger partial charge < -0.3 is 13.9 Å². The van der Waals surface area contributed by atoms with Crippen LogP contribution in [0.25, 0.3) is 16.4 Å². The number of carbonyl (C=O) groups is 1. The van der Waals surface area contributed by atoms with E-state index in [2.05, 4.69) is 0 Å². The summed E-state index contributed by atoms with van der Waals surface area (Å²) >= 11 is 5.99. The molecule has 2 aromatic carbocycles. The van der Waals surface area contributed by atoms with Gasteiger partial charge in [-0.05, 0) is 35.9 Å². The van der Waals surface area contributed by atoms with Crippen LogP contribution < -0.4 is 4.74 Å². The molecule has 28 heavy (non-hydrogen) atoms. The normalized spacial score (nSPS) is 10.7. The Hall–Kier alpha value is -3.49. The maximum Gasteiger partial charge on any atom is 0.341 e. The van der Waals surface area contributed by atoms with E-state index in [1.165, 1.54) is 0 Å². The molecule has 2 aromatic heterocycles. The maximum atomic E-state index is 12.9. The minimum atomic E-state index is -0.413. The van der Waals surface area contributed by atoms with Gasteiger partial charge in [-0.2, -0.15) is 5.26 Å². The molecule has 0 aliphatic heterocycles. The summed E-state index contributed by atoms with van der Waals surface area (Å²) < 4.78 is 12.8. The van der Waals surface area contributed by atoms with Crippen molar-refractivity contribution in [3.05, 3.63) is 83.0 Å². The van der Waals surface area contributed by atoms with Gasteiger partial charge in [0.15, 0.2) is 6.61 Å². The Labute approximate surface area is 166 Å². The van der Waals surface area contributed by atoms with E-state index in [1.807, 2.05) is 46.9 Å². The first-order valence-electron chi connectivity index (χ1n) is 8.61. The van der Waals surface area contributed by atoms with E-state index in [1.54, 1.807) is 30.5 Å². The maximum absolute atomic E-state index is 12.9. The molecule has 6 heteroatoms. The van der Waals surface area contributed by atoms with E-state index < -0.39 is 5.97 Å². The molecule has 0 spiro atoms. The summed E-state index contributed by atoms with van der Waals surface area (Å²) in [6.45, 7) is 0.0909. The molecule has 0 bridgehead atoms. The van der Waals surface area contributed by atoms with Crippen molar-refractivity contribution in [3.8, 4) is 11.8 Å². The zero-order valence-corrected chi connectivity index (χ0v) is 15.5. The quantitative estimate of drug-likeness (QED) is 0.449. The Morgan fingerprint density at radius 3 is 2.75 bits per heavy atom. The summed E-state index contributed by atoms with van der Waals surface area (Å²) in [6.07, 6.45) is 1.77. The summed E-state index contributed by atoms with van der Waals surface area (Å²) in [5.41, 5.74) is 2.88. The zero-order chi connectivity index (χ0) is 19.5. The van der Waals surface area contributed by atoms with Crippen molar-refractivity contribution in [2.45, 2.75) is 6.61 Å². The lowest BCUT2D eigenvalue weighted by Gasteiger charge is -2.06. The zero-order valence-electron chi connectivity index (χ0n) is 14.8. The number of nitriles is 1. The molecule has 0 fully saturated rings. The molecular weight excluding hydrogens is 376 g/mol. The first-order chi connectivity index (χ1) is 13.7. The van der Waals surface area contributed by atoms with Gasteiger partial charge in [-0.15, -0.1) is 0 Å². The second kappa shape index (κ2) is 7.63. The number of para-hydroxylation sites is 1. The highest BCUT2D eigenvalue weighted by Crippen LogP contribution is 2.29. The van der Waals surface area contributed by atoms with Crippen LogP contribution in [0.3, 0.4) is 0 Å². The topological polar surface area (TPSA) is 63.7 Å². The van der Waals surface area contributed by atoms with Gasteiger partial charge in [0.25, 0.3) is 0 Å². The van der Waals surface area contributed by atoms with Crippen molar-refractivity contribution in [3.63, 3.8) is 0 Å². The Balaban J connectivity index is 1.72. The van der Waals surface area contributed by atoms with E-state index in [0.717, 1.165) is 16.5 Å². The molecule has 5 nitrogen and oxygen atoms in total. The Morgan fingerprint density at radius 1 is 1.07 bits per heavy atom. The van der Waals surface area contributed by atoms with Gasteiger partial charge in [0.1, 0.15) is 18.4 Å². The van der Waals surface area contributed by atoms with Crippen LogP contribution in [0.4, 0.5) is 0 Å². The van der Waals surface area contributed by atoms with E-state index >= 15 is 0 Å². The van der Waals surface area contributed by atoms with Gasteiger partial charge in [-0.3, -0.25) is 0 Å². The first-order valence-corrected chi connectivity index (χ1v) is 8.99. The average Bonchev–Trinajstić information content (AvgIpc) is 3.04. The van der Waals surface area contributed by atoms with Gasteiger partial charge in [0.05, 0.1) is 22.8 Å². The molecule has 4 aromatic rings. The standard InChI is InChI=1S/C22H15ClN2O3/c23-16-5-3-4-15(12-16)14-28-22(26)21-18-6-1-2-7-19(18)25-13-17(27-11-10-24)8-9-20(21)25/h1-9,12-13H,11,14H2. The van der Waals surface area contributed by atoms with Gasteiger partial charge in [0, 0.05) is 10.4 Å². The summed E-state index contributed by atoms with van der Waals surface area (Å²) in [6, 6.07) is 20.3. The number of carbonyl (C=O) groups excluding carboxylic acids is 1. The number of rotatable bonds is 5. The Morgan fingerprint density at radius 2 is 1.93 bits per heavy atom. The molecule has 138 valence electrons. The molecule has 0 N–H and O–H groups in total. The van der Waals surface area contributed by atoms with Gasteiger partial charge in [0.2, 0.25) is 0 Å². The number of benzene rings is 2. The Bertz CT molecular complexity index is 1220. The molecular formula is C22H15ClN2O3. The molecule has 0 aliphatic carbocycles. The average molecular weight is 391 g/mol. The molecule has 0 aliphatic rings. The molecule has 2 heterocycles. The second-order valence-corrected chi connectivity index (χ2v) is 6.60. The van der Waals surface area contributed by atoms with Crippen molar-refractivity contribution < 1.29 is 14.3 Å². The lowest BCUT2D eigenvalue weighted by Crippen LogP contribution is -2.05. The van der Waals surface area contributed by atoms with E-state index in [0.29, 0.717) is 21.9 Å². The van der Waals surface area contributed by atoms with Crippen LogP contribution in [0, 0.1) is 11.3 Å². The molecule has 0 saturated carbocycles. The first kappa shape index (κ1) is 17.9. The van der Waals surface area contributed by atoms with Gasteiger partial charge in [-0.25, -0.2) is 4.79 Å². The van der Waals surface area contributed by atoms with E-state index in [4.69, 9.17) is 26.3 Å². The van der Waals surface area contributed by atoms with Crippen molar-refractivity contribution in [2.75, 3.05) is 6.61 Å². The van der Waals surface area contributed by atoms with Crippen molar-refractivity contribution >= 4 is 34.0 Å². The van der Waals surface area contributed by atoms with Crippen LogP contribution in [-0.4, -0.2) is 17.0 Å². The third-order valence-corrected chi connectivity index (χ3v) is 4.61. The number of nitrogens with zero attached hydrogens (tertiary/aromatic N) is 2. The fourth-order valence-corrected chi connectivity index (χ4v) is 3.39. The van der Waals surface area contributed by atoms with E-state index in [-0.39, 0.29) is 13.2 Å². The molecule has 0 saturated heterocycles. The number of aromatic nitrogens is 1. The summed E-state index contributed by atoms with van der Waals surface area (Å²) in [5.74, 6) is 0.137. The largest absolute Gasteiger partial charge is 0.477 e. The third-order valence-electron chi connectivity index (χ3n) is 4.38. The van der Waals surface area contributed by atoms with Crippen molar-refractivity contribution in [2.24, 2.45) is 0 Å². The molecule has 0 unspecified atom stereocenters. The fourth-order valence-electron chi connectivity index (χ4n) is 3.18. The van der Waals surface area contributed by atoms with Crippen LogP contribution in [-0.2, 0) is 11.3 Å². The Kier molecular flexibility index (Phi) is 4.88.